The predicted molar refractivity (Wildman–Crippen MR) is 69.5 cm³/mol. The number of nitrogen functional groups attached to an aromatic ring is 1. The number of halogens is 1. The third kappa shape index (κ3) is 1.84. The fraction of sp³-hybridized carbons (Fsp3) is 0.200. The molecule has 0 atom stereocenters. The van der Waals surface area contributed by atoms with Gasteiger partial charge in [0.2, 0.25) is 0 Å². The van der Waals surface area contributed by atoms with E-state index in [4.69, 9.17) is 5.73 Å². The molecule has 3 N–H and O–H groups in total. The zero-order valence-corrected chi connectivity index (χ0v) is 10.3. The minimum absolute atomic E-state index is 0.283. The van der Waals surface area contributed by atoms with Gasteiger partial charge in [-0.3, -0.25) is 5.73 Å². The molecule has 1 aliphatic carbocycles. The number of nitrogens with zero attached hydrogens (tertiary/aromatic N) is 1. The largest absolute Gasteiger partial charge is 0.289 e. The summed E-state index contributed by atoms with van der Waals surface area (Å²) in [5.74, 6) is 0.108. The smallest absolute Gasteiger partial charge is 0.286 e. The lowest BCUT2D eigenvalue weighted by Crippen LogP contribution is -2.19. The van der Waals surface area contributed by atoms with Crippen molar-refractivity contribution in [2.24, 2.45) is 0 Å². The van der Waals surface area contributed by atoms with Crippen molar-refractivity contribution >= 4 is 5.82 Å². The minimum atomic E-state index is -0.283. The number of anilines is 1. The number of benzene rings is 1. The Hall–Kier alpha value is -2.41. The molecule has 94 valence electrons. The number of H-pyrrole nitrogens is 1. The quantitative estimate of drug-likeness (QED) is 0.848. The Balaban J connectivity index is 2.30. The van der Waals surface area contributed by atoms with E-state index in [1.165, 1.54) is 12.1 Å². The molecular weight excluding hydrogens is 241 g/mol. The van der Waals surface area contributed by atoms with Gasteiger partial charge in [-0.05, 0) is 30.5 Å². The molecule has 0 radical (unpaired) electrons. The average molecular weight is 254 g/mol. The molecule has 0 aliphatic heterocycles. The number of nitrogens with one attached hydrogen (secondary N) is 1. The van der Waals surface area contributed by atoms with Crippen LogP contribution >= 0.6 is 0 Å². The molecule has 2 aromatic rings. The van der Waals surface area contributed by atoms with Crippen LogP contribution in [0.1, 0.15) is 23.2 Å². The second-order valence-electron chi connectivity index (χ2n) is 4.72. The molecule has 0 fully saturated rings. The number of aryl methyl sites for hydroxylation is 1. The SMILES string of the molecule is N#Cc1c(N)[nH+]c2c(c1-c1ccc(F)cc1)CCC2. The molecule has 3 nitrogen and oxygen atoms in total. The van der Waals surface area contributed by atoms with E-state index >= 15 is 0 Å². The summed E-state index contributed by atoms with van der Waals surface area (Å²) < 4.78 is 13.0. The number of aromatic nitrogens is 1. The highest BCUT2D eigenvalue weighted by atomic mass is 19.1. The van der Waals surface area contributed by atoms with Crippen molar-refractivity contribution in [2.75, 3.05) is 5.73 Å². The molecule has 1 aliphatic rings. The molecule has 0 unspecified atom stereocenters. The van der Waals surface area contributed by atoms with Crippen LogP contribution in [0.4, 0.5) is 10.2 Å². The first-order valence-electron chi connectivity index (χ1n) is 6.23. The molecule has 0 saturated carbocycles. The van der Waals surface area contributed by atoms with Gasteiger partial charge in [-0.15, -0.1) is 0 Å². The third-order valence-electron chi connectivity index (χ3n) is 3.57. The summed E-state index contributed by atoms with van der Waals surface area (Å²) in [6, 6.07) is 8.37. The van der Waals surface area contributed by atoms with Crippen molar-refractivity contribution in [1.29, 1.82) is 5.26 Å². The van der Waals surface area contributed by atoms with Crippen LogP contribution in [-0.4, -0.2) is 0 Å². The van der Waals surface area contributed by atoms with Gasteiger partial charge in [-0.1, -0.05) is 12.1 Å². The van der Waals surface area contributed by atoms with Crippen LogP contribution in [0.15, 0.2) is 24.3 Å². The van der Waals surface area contributed by atoms with Crippen LogP contribution < -0.4 is 10.7 Å². The summed E-state index contributed by atoms with van der Waals surface area (Å²) in [6.45, 7) is 0. The summed E-state index contributed by atoms with van der Waals surface area (Å²) in [4.78, 5) is 3.11. The van der Waals surface area contributed by atoms with Gasteiger partial charge < -0.3 is 0 Å². The second-order valence-corrected chi connectivity index (χ2v) is 4.72. The fourth-order valence-corrected chi connectivity index (χ4v) is 2.72. The van der Waals surface area contributed by atoms with E-state index in [0.29, 0.717) is 11.4 Å². The van der Waals surface area contributed by atoms with Gasteiger partial charge in [-0.2, -0.15) is 5.26 Å². The van der Waals surface area contributed by atoms with Gasteiger partial charge in [0.15, 0.2) is 0 Å². The fourth-order valence-electron chi connectivity index (χ4n) is 2.72. The molecule has 19 heavy (non-hydrogen) atoms. The van der Waals surface area contributed by atoms with Crippen molar-refractivity contribution in [3.63, 3.8) is 0 Å². The lowest BCUT2D eigenvalue weighted by molar-refractivity contribution is -0.372. The van der Waals surface area contributed by atoms with E-state index in [0.717, 1.165) is 41.6 Å². The van der Waals surface area contributed by atoms with Gasteiger partial charge >= 0.3 is 0 Å². The summed E-state index contributed by atoms with van der Waals surface area (Å²) in [6.07, 6.45) is 2.92. The number of hydrogen-bond acceptors (Lipinski definition) is 2. The number of aromatic amines is 1. The van der Waals surface area contributed by atoms with Gasteiger partial charge in [0.05, 0.1) is 0 Å². The first kappa shape index (κ1) is 11.7. The molecule has 1 aromatic carbocycles. The van der Waals surface area contributed by atoms with E-state index in [1.807, 2.05) is 0 Å². The van der Waals surface area contributed by atoms with Crippen molar-refractivity contribution in [3.05, 3.63) is 46.9 Å². The summed E-state index contributed by atoms with van der Waals surface area (Å²) >= 11 is 0. The zero-order valence-electron chi connectivity index (χ0n) is 10.3. The first-order valence-corrected chi connectivity index (χ1v) is 6.23. The zero-order chi connectivity index (χ0) is 13.4. The summed E-state index contributed by atoms with van der Waals surface area (Å²) in [5.41, 5.74) is 10.3. The Labute approximate surface area is 110 Å². The molecule has 1 aromatic heterocycles. The van der Waals surface area contributed by atoms with Crippen molar-refractivity contribution in [1.82, 2.24) is 0 Å². The normalized spacial score (nSPS) is 13.1. The van der Waals surface area contributed by atoms with Gasteiger partial charge in [0, 0.05) is 17.5 Å². The van der Waals surface area contributed by atoms with Crippen LogP contribution in [0.2, 0.25) is 0 Å². The lowest BCUT2D eigenvalue weighted by Gasteiger charge is -2.09. The number of pyridine rings is 1. The second kappa shape index (κ2) is 4.36. The molecule has 0 amide bonds. The van der Waals surface area contributed by atoms with Gasteiger partial charge in [0.1, 0.15) is 23.1 Å². The highest BCUT2D eigenvalue weighted by molar-refractivity contribution is 5.78. The predicted octanol–water partition coefficient (Wildman–Crippen LogP) is 2.25. The summed E-state index contributed by atoms with van der Waals surface area (Å²) in [7, 11) is 0. The summed E-state index contributed by atoms with van der Waals surface area (Å²) in [5, 5.41) is 9.32. The van der Waals surface area contributed by atoms with Crippen molar-refractivity contribution < 1.29 is 9.37 Å². The molecule has 0 spiro atoms. The van der Waals surface area contributed by atoms with E-state index in [9.17, 15) is 9.65 Å². The Morgan fingerprint density at radius 1 is 1.21 bits per heavy atom. The minimum Gasteiger partial charge on any atom is -0.286 e. The topological polar surface area (TPSA) is 64.0 Å². The van der Waals surface area contributed by atoms with Crippen molar-refractivity contribution in [2.45, 2.75) is 19.3 Å². The monoisotopic (exact) mass is 254 g/mol. The van der Waals surface area contributed by atoms with Crippen LogP contribution in [0.5, 0.6) is 0 Å². The maximum atomic E-state index is 13.0. The number of fused-ring (bicyclic) bond motifs is 1. The van der Waals surface area contributed by atoms with E-state index in [2.05, 4.69) is 11.1 Å². The average Bonchev–Trinajstić information content (AvgIpc) is 2.86. The van der Waals surface area contributed by atoms with Crippen LogP contribution in [0.3, 0.4) is 0 Å². The van der Waals surface area contributed by atoms with Gasteiger partial charge in [-0.25, -0.2) is 9.37 Å². The molecule has 3 rings (SSSR count). The van der Waals surface area contributed by atoms with Crippen molar-refractivity contribution in [3.8, 4) is 17.2 Å². The Morgan fingerprint density at radius 3 is 2.63 bits per heavy atom. The van der Waals surface area contributed by atoms with E-state index < -0.39 is 0 Å². The third-order valence-corrected chi connectivity index (χ3v) is 3.57. The lowest BCUT2D eigenvalue weighted by atomic mass is 9.95. The highest BCUT2D eigenvalue weighted by Gasteiger charge is 2.25. The van der Waals surface area contributed by atoms with E-state index in [-0.39, 0.29) is 5.82 Å². The Morgan fingerprint density at radius 2 is 1.95 bits per heavy atom. The maximum absolute atomic E-state index is 13.0. The number of hydrogen-bond donors (Lipinski definition) is 1. The number of nitrogens with two attached hydrogens (primary N) is 1. The number of nitriles is 1. The highest BCUT2D eigenvalue weighted by Crippen LogP contribution is 2.34. The maximum Gasteiger partial charge on any atom is 0.289 e. The molecule has 0 saturated heterocycles. The van der Waals surface area contributed by atoms with Crippen LogP contribution in [0, 0.1) is 17.1 Å². The Bertz CT molecular complexity index is 683. The van der Waals surface area contributed by atoms with Crippen LogP contribution in [-0.2, 0) is 12.8 Å². The number of rotatable bonds is 1. The molecule has 0 bridgehead atoms. The molecule has 1 heterocycles. The van der Waals surface area contributed by atoms with E-state index in [1.54, 1.807) is 12.1 Å². The Kier molecular flexibility index (Phi) is 2.68. The van der Waals surface area contributed by atoms with Crippen LogP contribution in [0.25, 0.3) is 11.1 Å². The first-order chi connectivity index (χ1) is 9.20. The molecule has 4 heteroatoms. The standard InChI is InChI=1S/C15H12FN3/c16-10-6-4-9(5-7-10)14-11-2-1-3-13(11)19-15(18)12(14)8-17/h4-7H,1-3H2,(H2,18,19)/p+1. The molecular formula is C15H13FN3+. The van der Waals surface area contributed by atoms with Gasteiger partial charge in [0.25, 0.3) is 5.82 Å².